The van der Waals surface area contributed by atoms with Crippen molar-refractivity contribution in [2.45, 2.75) is 13.8 Å². The number of nitriles is 1. The molecule has 2 nitrogen and oxygen atoms in total. The van der Waals surface area contributed by atoms with Crippen LogP contribution in [0.2, 0.25) is 0 Å². The molecule has 0 amide bonds. The molecular weight excluding hydrogens is 148 g/mol. The van der Waals surface area contributed by atoms with Gasteiger partial charge in [-0.05, 0) is 25.0 Å². The van der Waals surface area contributed by atoms with Crippen LogP contribution in [0.15, 0.2) is 12.1 Å². The van der Waals surface area contributed by atoms with E-state index in [0.717, 1.165) is 0 Å². The highest BCUT2D eigenvalue weighted by molar-refractivity contribution is 5.65. The van der Waals surface area contributed by atoms with Gasteiger partial charge in [0.05, 0.1) is 20.9 Å². The molecule has 0 heterocycles. The summed E-state index contributed by atoms with van der Waals surface area (Å²) in [4.78, 5) is 3.23. The van der Waals surface area contributed by atoms with Gasteiger partial charge in [0.15, 0.2) is 0 Å². The summed E-state index contributed by atoms with van der Waals surface area (Å²) in [6.07, 6.45) is 0. The Kier molecular flexibility index (Phi) is 1.48. The van der Waals surface area contributed by atoms with Crippen molar-refractivity contribution in [1.29, 1.82) is 5.26 Å². The van der Waals surface area contributed by atoms with Crippen LogP contribution in [0.4, 0.5) is 5.69 Å². The fraction of sp³-hybridized carbons (Fsp3) is 0.200. The highest BCUT2D eigenvalue weighted by Crippen LogP contribution is 2.25. The van der Waals surface area contributed by atoms with E-state index in [1.54, 1.807) is 13.8 Å². The monoisotopic (exact) mass is 158 g/mol. The summed E-state index contributed by atoms with van der Waals surface area (Å²) in [5.41, 5.74) is 1.24. The van der Waals surface area contributed by atoms with Gasteiger partial charge in [0.1, 0.15) is 0 Å². The zero-order valence-corrected chi connectivity index (χ0v) is 6.89. The fourth-order valence-corrected chi connectivity index (χ4v) is 0.951. The number of benzene rings is 1. The molecule has 0 aliphatic carbocycles. The molecule has 0 fully saturated rings. The van der Waals surface area contributed by atoms with E-state index in [-0.39, 0.29) is 23.3 Å². The van der Waals surface area contributed by atoms with Gasteiger partial charge < -0.3 is 0 Å². The maximum atomic E-state index is 8.83. The van der Waals surface area contributed by atoms with Crippen molar-refractivity contribution in [3.05, 3.63) is 40.2 Å². The molecule has 0 bridgehead atoms. The number of hydrogen-bond donors (Lipinski definition) is 0. The summed E-state index contributed by atoms with van der Waals surface area (Å²) < 4.78 is 15.1. The van der Waals surface area contributed by atoms with Crippen molar-refractivity contribution in [2.75, 3.05) is 0 Å². The summed E-state index contributed by atoms with van der Waals surface area (Å²) in [5, 5.41) is 8.83. The van der Waals surface area contributed by atoms with Gasteiger partial charge in [0.2, 0.25) is 5.69 Å². The molecule has 0 aliphatic rings. The van der Waals surface area contributed by atoms with Crippen LogP contribution in [0.1, 0.15) is 19.4 Å². The van der Waals surface area contributed by atoms with Gasteiger partial charge in [-0.2, -0.15) is 5.26 Å². The van der Waals surface area contributed by atoms with Crippen LogP contribution in [0.5, 0.6) is 0 Å². The van der Waals surface area contributed by atoms with Crippen LogP contribution < -0.4 is 0 Å². The lowest BCUT2D eigenvalue weighted by Crippen LogP contribution is -1.84. The Morgan fingerprint density at radius 2 is 2.08 bits per heavy atom. The van der Waals surface area contributed by atoms with Crippen molar-refractivity contribution in [3.63, 3.8) is 0 Å². The average Bonchev–Trinajstić information content (AvgIpc) is 2.20. The highest BCUT2D eigenvalue weighted by Gasteiger charge is 2.06. The minimum Gasteiger partial charge on any atom is -0.236 e. The molecule has 0 atom stereocenters. The van der Waals surface area contributed by atoms with Gasteiger partial charge in [-0.1, -0.05) is 12.1 Å². The average molecular weight is 158 g/mol. The molecule has 12 heavy (non-hydrogen) atoms. The molecule has 0 aliphatic heterocycles. The van der Waals surface area contributed by atoms with Crippen LogP contribution in [-0.4, -0.2) is 0 Å². The zero-order valence-electron chi connectivity index (χ0n) is 8.89. The van der Waals surface area contributed by atoms with Crippen LogP contribution in [-0.2, 0) is 0 Å². The number of nitrogens with zero attached hydrogens (tertiary/aromatic N) is 2. The molecule has 58 valence electrons. The molecule has 0 N–H and O–H groups in total. The third-order valence-corrected chi connectivity index (χ3v) is 1.63. The van der Waals surface area contributed by atoms with E-state index in [2.05, 4.69) is 4.85 Å². The van der Waals surface area contributed by atoms with E-state index in [1.165, 1.54) is 0 Å². The molecule has 1 aromatic carbocycles. The second-order valence-corrected chi connectivity index (χ2v) is 2.45. The summed E-state index contributed by atoms with van der Waals surface area (Å²) in [7, 11) is 0. The predicted molar refractivity (Wildman–Crippen MR) is 46.9 cm³/mol. The summed E-state index contributed by atoms with van der Waals surface area (Å²) in [6.45, 7) is 10.1. The first-order valence-electron chi connectivity index (χ1n) is 4.42. The van der Waals surface area contributed by atoms with Gasteiger partial charge in [-0.3, -0.25) is 0 Å². The lowest BCUT2D eigenvalue weighted by molar-refractivity contribution is 1.36. The first-order chi connectivity index (χ1) is 6.54. The Morgan fingerprint density at radius 1 is 1.50 bits per heavy atom. The molecule has 0 radical (unpaired) electrons. The topological polar surface area (TPSA) is 28.1 Å². The molecule has 0 spiro atoms. The summed E-state index contributed by atoms with van der Waals surface area (Å²) in [5.74, 6) is 0. The van der Waals surface area contributed by atoms with Crippen LogP contribution in [0, 0.1) is 31.8 Å². The van der Waals surface area contributed by atoms with Crippen LogP contribution in [0.25, 0.3) is 4.85 Å². The molecule has 1 aromatic rings. The molecule has 2 heteroatoms. The van der Waals surface area contributed by atoms with Gasteiger partial charge >= 0.3 is 0 Å². The third kappa shape index (κ3) is 1.15. The second-order valence-electron chi connectivity index (χ2n) is 2.45. The minimum absolute atomic E-state index is 0.0338. The van der Waals surface area contributed by atoms with Gasteiger partial charge in [0.25, 0.3) is 0 Å². The van der Waals surface area contributed by atoms with E-state index >= 15 is 0 Å². The van der Waals surface area contributed by atoms with Crippen molar-refractivity contribution in [2.24, 2.45) is 0 Å². The maximum absolute atomic E-state index is 8.83. The van der Waals surface area contributed by atoms with E-state index in [1.807, 2.05) is 6.07 Å². The highest BCUT2D eigenvalue weighted by atomic mass is 14.7. The van der Waals surface area contributed by atoms with Crippen LogP contribution in [0.3, 0.4) is 0 Å². The van der Waals surface area contributed by atoms with Crippen LogP contribution >= 0.6 is 0 Å². The molecule has 0 saturated carbocycles. The first kappa shape index (κ1) is 5.80. The van der Waals surface area contributed by atoms with Crippen molar-refractivity contribution >= 4 is 5.69 Å². The normalized spacial score (nSPS) is 11.0. The van der Waals surface area contributed by atoms with E-state index in [0.29, 0.717) is 11.1 Å². The maximum Gasteiger partial charge on any atom is 0.207 e. The minimum atomic E-state index is 0.0338. The third-order valence-electron chi connectivity index (χ3n) is 1.63. The molecular formula is C10H8N2. The Labute approximate surface area is 74.7 Å². The van der Waals surface area contributed by atoms with Gasteiger partial charge in [-0.25, -0.2) is 4.85 Å². The Bertz CT molecular complexity index is 434. The fourth-order valence-electron chi connectivity index (χ4n) is 0.951. The Balaban J connectivity index is 3.79. The van der Waals surface area contributed by atoms with Crippen molar-refractivity contribution < 1.29 is 2.74 Å². The van der Waals surface area contributed by atoms with E-state index in [4.69, 9.17) is 14.6 Å². The predicted octanol–water partition coefficient (Wildman–Crippen LogP) is 2.73. The second kappa shape index (κ2) is 3.07. The molecule has 0 aromatic heterocycles. The molecule has 0 saturated heterocycles. The molecule has 0 unspecified atom stereocenters. The standard InChI is InChI=1S/C10H8N2/c1-7-4-5-8(2)10(12-3)9(7)6-11/h4-5H,1-2H3/i4D,5D. The van der Waals surface area contributed by atoms with E-state index < -0.39 is 0 Å². The summed E-state index contributed by atoms with van der Waals surface area (Å²) >= 11 is 0. The lowest BCUT2D eigenvalue weighted by atomic mass is 10.0. The quantitative estimate of drug-likeness (QED) is 0.533. The van der Waals surface area contributed by atoms with Gasteiger partial charge in [0, 0.05) is 0 Å². The SMILES string of the molecule is [2H]c1c([2H])c(C)c([N+]#[C-])c(C#N)c1C. The number of hydrogen-bond acceptors (Lipinski definition) is 1. The molecule has 1 rings (SSSR count). The van der Waals surface area contributed by atoms with Crippen molar-refractivity contribution in [3.8, 4) is 6.07 Å². The van der Waals surface area contributed by atoms with Crippen molar-refractivity contribution in [1.82, 2.24) is 0 Å². The van der Waals surface area contributed by atoms with E-state index in [9.17, 15) is 0 Å². The van der Waals surface area contributed by atoms with Gasteiger partial charge in [-0.15, -0.1) is 0 Å². The Morgan fingerprint density at radius 3 is 2.58 bits per heavy atom. The number of rotatable bonds is 0. The summed E-state index contributed by atoms with van der Waals surface area (Å²) in [6, 6.07) is 1.98. The lowest BCUT2D eigenvalue weighted by Gasteiger charge is -2.01. The zero-order chi connectivity index (χ0) is 10.9. The smallest absolute Gasteiger partial charge is 0.207 e. The first-order valence-corrected chi connectivity index (χ1v) is 3.42. The largest absolute Gasteiger partial charge is 0.236 e. The Hall–Kier alpha value is -1.80.